The molecule has 1 rings (SSSR count). The third-order valence-corrected chi connectivity index (χ3v) is 3.97. The van der Waals surface area contributed by atoms with Gasteiger partial charge in [0.2, 0.25) is 0 Å². The van der Waals surface area contributed by atoms with Crippen LogP contribution in [0.1, 0.15) is 30.6 Å². The topological polar surface area (TPSA) is 66.8 Å². The van der Waals surface area contributed by atoms with Crippen molar-refractivity contribution in [1.82, 2.24) is 4.90 Å². The molecule has 1 aromatic rings. The molecule has 0 aromatic heterocycles. The second-order valence-corrected chi connectivity index (χ2v) is 6.10. The molecule has 1 N–H and O–H groups in total. The summed E-state index contributed by atoms with van der Waals surface area (Å²) in [5.41, 5.74) is -0.0486. The van der Waals surface area contributed by atoms with Gasteiger partial charge < -0.3 is 14.7 Å². The molecule has 8 heteroatoms. The summed E-state index contributed by atoms with van der Waals surface area (Å²) in [6, 6.07) is 2.12. The van der Waals surface area contributed by atoms with Crippen molar-refractivity contribution in [2.24, 2.45) is 5.92 Å². The molecule has 1 unspecified atom stereocenters. The molecule has 0 bridgehead atoms. The largest absolute Gasteiger partial charge is 0.481 e. The molecule has 0 aliphatic heterocycles. The number of carboxylic acids is 1. The molecule has 0 aliphatic rings. The Labute approximate surface area is 150 Å². The lowest BCUT2D eigenvalue weighted by atomic mass is 10.1. The van der Waals surface area contributed by atoms with Crippen LogP contribution < -0.4 is 0 Å². The Morgan fingerprint density at radius 2 is 2.00 bits per heavy atom. The first-order valence-corrected chi connectivity index (χ1v) is 8.27. The van der Waals surface area contributed by atoms with E-state index in [1.165, 1.54) is 11.8 Å². The number of halogens is 3. The molecule has 0 saturated carbocycles. The van der Waals surface area contributed by atoms with Crippen molar-refractivity contribution in [2.45, 2.75) is 20.3 Å². The lowest BCUT2D eigenvalue weighted by Crippen LogP contribution is -2.38. The van der Waals surface area contributed by atoms with E-state index in [-0.39, 0.29) is 28.7 Å². The molecule has 0 heterocycles. The van der Waals surface area contributed by atoms with Crippen molar-refractivity contribution in [1.29, 1.82) is 0 Å². The minimum Gasteiger partial charge on any atom is -0.481 e. The van der Waals surface area contributed by atoms with Crippen LogP contribution in [0, 0.1) is 11.7 Å². The van der Waals surface area contributed by atoms with Crippen LogP contribution in [0.4, 0.5) is 4.39 Å². The van der Waals surface area contributed by atoms with Gasteiger partial charge in [0.25, 0.3) is 5.91 Å². The standard InChI is InChI=1S/C16H20Cl2FNO4/c1-3-24-6-4-5-20(9-10(2)16(22)23)15(21)11-7-14(19)13(18)8-12(11)17/h7-8,10H,3-6,9H2,1-2H3,(H,22,23). The van der Waals surface area contributed by atoms with Crippen LogP contribution in [-0.2, 0) is 9.53 Å². The zero-order valence-corrected chi connectivity index (χ0v) is 15.0. The van der Waals surface area contributed by atoms with Gasteiger partial charge in [-0.05, 0) is 25.5 Å². The van der Waals surface area contributed by atoms with E-state index in [4.69, 9.17) is 33.0 Å². The maximum Gasteiger partial charge on any atom is 0.308 e. The summed E-state index contributed by atoms with van der Waals surface area (Å²) in [4.78, 5) is 25.1. The van der Waals surface area contributed by atoms with Gasteiger partial charge in [0.05, 0.1) is 21.5 Å². The van der Waals surface area contributed by atoms with Gasteiger partial charge in [-0.15, -0.1) is 0 Å². The predicted molar refractivity (Wildman–Crippen MR) is 90.2 cm³/mol. The Kier molecular flexibility index (Phi) is 8.45. The summed E-state index contributed by atoms with van der Waals surface area (Å²) >= 11 is 11.6. The van der Waals surface area contributed by atoms with Gasteiger partial charge in [-0.1, -0.05) is 30.1 Å². The van der Waals surface area contributed by atoms with Gasteiger partial charge in [-0.2, -0.15) is 0 Å². The minimum absolute atomic E-state index is 0.0130. The first-order valence-electron chi connectivity index (χ1n) is 7.52. The SMILES string of the molecule is CCOCCCN(CC(C)C(=O)O)C(=O)c1cc(F)c(Cl)cc1Cl. The quantitative estimate of drug-likeness (QED) is 0.524. The van der Waals surface area contributed by atoms with Crippen LogP contribution in [0.5, 0.6) is 0 Å². The second kappa shape index (κ2) is 9.81. The van der Waals surface area contributed by atoms with E-state index in [0.29, 0.717) is 19.6 Å². The highest BCUT2D eigenvalue weighted by Crippen LogP contribution is 2.25. The van der Waals surface area contributed by atoms with Crippen LogP contribution in [0.2, 0.25) is 10.0 Å². The zero-order valence-electron chi connectivity index (χ0n) is 13.5. The Balaban J connectivity index is 2.97. The highest BCUT2D eigenvalue weighted by atomic mass is 35.5. The fraction of sp³-hybridized carbons (Fsp3) is 0.500. The Morgan fingerprint density at radius 3 is 2.58 bits per heavy atom. The molecular formula is C16H20Cl2FNO4. The number of hydrogen-bond donors (Lipinski definition) is 1. The molecule has 1 aromatic carbocycles. The van der Waals surface area contributed by atoms with Crippen molar-refractivity contribution in [3.8, 4) is 0 Å². The first kappa shape index (κ1) is 20.7. The molecular weight excluding hydrogens is 360 g/mol. The molecule has 0 fully saturated rings. The van der Waals surface area contributed by atoms with E-state index in [0.717, 1.165) is 12.1 Å². The lowest BCUT2D eigenvalue weighted by Gasteiger charge is -2.25. The number of ether oxygens (including phenoxy) is 1. The van der Waals surface area contributed by atoms with Crippen LogP contribution in [0.25, 0.3) is 0 Å². The van der Waals surface area contributed by atoms with Crippen molar-refractivity contribution in [3.63, 3.8) is 0 Å². The Morgan fingerprint density at radius 1 is 1.33 bits per heavy atom. The highest BCUT2D eigenvalue weighted by molar-refractivity contribution is 6.36. The van der Waals surface area contributed by atoms with Crippen LogP contribution in [-0.4, -0.2) is 48.2 Å². The van der Waals surface area contributed by atoms with Crippen LogP contribution in [0.3, 0.4) is 0 Å². The number of carbonyl (C=O) groups is 2. The fourth-order valence-electron chi connectivity index (χ4n) is 2.04. The maximum absolute atomic E-state index is 13.7. The molecule has 1 amide bonds. The summed E-state index contributed by atoms with van der Waals surface area (Å²) < 4.78 is 18.9. The third kappa shape index (κ3) is 5.92. The monoisotopic (exact) mass is 379 g/mol. The van der Waals surface area contributed by atoms with Gasteiger partial charge in [-0.3, -0.25) is 9.59 Å². The van der Waals surface area contributed by atoms with Crippen molar-refractivity contribution in [2.75, 3.05) is 26.3 Å². The molecule has 0 aliphatic carbocycles. The number of carbonyl (C=O) groups excluding carboxylic acids is 1. The van der Waals surface area contributed by atoms with E-state index in [2.05, 4.69) is 0 Å². The number of aliphatic carboxylic acids is 1. The fourth-order valence-corrected chi connectivity index (χ4v) is 2.51. The molecule has 134 valence electrons. The molecule has 5 nitrogen and oxygen atoms in total. The van der Waals surface area contributed by atoms with Gasteiger partial charge in [0, 0.05) is 26.3 Å². The number of hydrogen-bond acceptors (Lipinski definition) is 3. The minimum atomic E-state index is -1.02. The average Bonchev–Trinajstić information content (AvgIpc) is 2.52. The number of amides is 1. The normalized spacial score (nSPS) is 12.0. The van der Waals surface area contributed by atoms with Gasteiger partial charge in [0.15, 0.2) is 0 Å². The van der Waals surface area contributed by atoms with Gasteiger partial charge >= 0.3 is 5.97 Å². The molecule has 0 spiro atoms. The third-order valence-electron chi connectivity index (χ3n) is 3.36. The Bertz CT molecular complexity index is 598. The summed E-state index contributed by atoms with van der Waals surface area (Å²) in [7, 11) is 0. The lowest BCUT2D eigenvalue weighted by molar-refractivity contribution is -0.141. The maximum atomic E-state index is 13.7. The van der Waals surface area contributed by atoms with E-state index in [9.17, 15) is 14.0 Å². The van der Waals surface area contributed by atoms with Gasteiger partial charge in [-0.25, -0.2) is 4.39 Å². The van der Waals surface area contributed by atoms with E-state index in [1.54, 1.807) is 0 Å². The summed E-state index contributed by atoms with van der Waals surface area (Å²) in [5.74, 6) is -3.09. The number of benzene rings is 1. The van der Waals surface area contributed by atoms with E-state index in [1.807, 2.05) is 6.92 Å². The predicted octanol–water partition coefficient (Wildman–Crippen LogP) is 3.72. The zero-order chi connectivity index (χ0) is 18.3. The summed E-state index contributed by atoms with van der Waals surface area (Å²) in [6.45, 7) is 4.59. The van der Waals surface area contributed by atoms with Crippen molar-refractivity contribution < 1.29 is 23.8 Å². The number of rotatable bonds is 9. The molecule has 24 heavy (non-hydrogen) atoms. The number of carboxylic acid groups (broad SMARTS) is 1. The van der Waals surface area contributed by atoms with E-state index >= 15 is 0 Å². The molecule has 1 atom stereocenters. The summed E-state index contributed by atoms with van der Waals surface area (Å²) in [5, 5.41) is 8.90. The average molecular weight is 380 g/mol. The van der Waals surface area contributed by atoms with Crippen LogP contribution >= 0.6 is 23.2 Å². The second-order valence-electron chi connectivity index (χ2n) is 5.29. The molecule has 0 saturated heterocycles. The summed E-state index contributed by atoms with van der Waals surface area (Å²) in [6.07, 6.45) is 0.527. The Hall–Kier alpha value is -1.37. The van der Waals surface area contributed by atoms with Crippen molar-refractivity contribution in [3.05, 3.63) is 33.6 Å². The smallest absolute Gasteiger partial charge is 0.308 e. The first-order chi connectivity index (χ1) is 11.3. The van der Waals surface area contributed by atoms with Crippen molar-refractivity contribution >= 4 is 35.1 Å². The van der Waals surface area contributed by atoms with E-state index < -0.39 is 23.6 Å². The highest BCUT2D eigenvalue weighted by Gasteiger charge is 2.24. The van der Waals surface area contributed by atoms with Gasteiger partial charge in [0.1, 0.15) is 5.82 Å². The molecule has 0 radical (unpaired) electrons. The van der Waals surface area contributed by atoms with Crippen LogP contribution in [0.15, 0.2) is 12.1 Å². The number of nitrogens with zero attached hydrogens (tertiary/aromatic N) is 1.